The van der Waals surface area contributed by atoms with Crippen molar-refractivity contribution in [2.75, 3.05) is 13.6 Å². The first-order valence-corrected chi connectivity index (χ1v) is 7.27. The second-order valence-electron chi connectivity index (χ2n) is 5.11. The topological polar surface area (TPSA) is 53.4 Å². The molecule has 1 aliphatic rings. The van der Waals surface area contributed by atoms with E-state index < -0.39 is 0 Å². The number of hydrogen-bond donors (Lipinski definition) is 1. The maximum absolute atomic E-state index is 12.2. The SMILES string of the molecule is Cc1nscc1C(=O)N(C)CC1CCCCC1O. The molecule has 4 nitrogen and oxygen atoms in total. The lowest BCUT2D eigenvalue weighted by atomic mass is 9.86. The number of aliphatic hydroxyl groups excluding tert-OH is 1. The average Bonchev–Trinajstić information content (AvgIpc) is 2.77. The van der Waals surface area contributed by atoms with E-state index in [0.29, 0.717) is 12.1 Å². The van der Waals surface area contributed by atoms with Crippen molar-refractivity contribution in [1.29, 1.82) is 0 Å². The van der Waals surface area contributed by atoms with Crippen molar-refractivity contribution in [3.8, 4) is 0 Å². The van der Waals surface area contributed by atoms with Crippen molar-refractivity contribution in [3.63, 3.8) is 0 Å². The summed E-state index contributed by atoms with van der Waals surface area (Å²) in [5, 5.41) is 11.7. The largest absolute Gasteiger partial charge is 0.393 e. The molecule has 1 aromatic heterocycles. The lowest BCUT2D eigenvalue weighted by Crippen LogP contribution is -2.38. The van der Waals surface area contributed by atoms with Crippen LogP contribution in [-0.2, 0) is 0 Å². The van der Waals surface area contributed by atoms with Crippen LogP contribution in [0.15, 0.2) is 5.38 Å². The van der Waals surface area contributed by atoms with Gasteiger partial charge in [-0.2, -0.15) is 4.37 Å². The van der Waals surface area contributed by atoms with Gasteiger partial charge in [-0.15, -0.1) is 0 Å². The van der Waals surface area contributed by atoms with Gasteiger partial charge in [0.1, 0.15) is 0 Å². The molecule has 1 heterocycles. The minimum absolute atomic E-state index is 0.0130. The normalized spacial score (nSPS) is 23.9. The van der Waals surface area contributed by atoms with Crippen LogP contribution < -0.4 is 0 Å². The number of nitrogens with zero attached hydrogens (tertiary/aromatic N) is 2. The maximum Gasteiger partial charge on any atom is 0.256 e. The van der Waals surface area contributed by atoms with E-state index in [1.807, 2.05) is 6.92 Å². The van der Waals surface area contributed by atoms with E-state index in [1.54, 1.807) is 17.3 Å². The molecule has 2 unspecified atom stereocenters. The Kier molecular flexibility index (Phi) is 4.35. The van der Waals surface area contributed by atoms with Crippen LogP contribution in [0, 0.1) is 12.8 Å². The molecule has 2 atom stereocenters. The Morgan fingerprint density at radius 1 is 1.56 bits per heavy atom. The zero-order valence-corrected chi connectivity index (χ0v) is 11.7. The Hall–Kier alpha value is -0.940. The first kappa shape index (κ1) is 13.5. The van der Waals surface area contributed by atoms with Crippen molar-refractivity contribution in [1.82, 2.24) is 9.27 Å². The molecule has 1 saturated carbocycles. The minimum Gasteiger partial charge on any atom is -0.393 e. The molecule has 0 aromatic carbocycles. The van der Waals surface area contributed by atoms with Crippen LogP contribution in [0.5, 0.6) is 0 Å². The Morgan fingerprint density at radius 2 is 2.28 bits per heavy atom. The van der Waals surface area contributed by atoms with Crippen molar-refractivity contribution in [2.45, 2.75) is 38.7 Å². The summed E-state index contributed by atoms with van der Waals surface area (Å²) < 4.78 is 4.13. The molecule has 1 aromatic rings. The van der Waals surface area contributed by atoms with Gasteiger partial charge in [0.05, 0.1) is 17.4 Å². The predicted octanol–water partition coefficient (Wildman–Crippen LogP) is 2.07. The molecule has 1 N–H and O–H groups in total. The van der Waals surface area contributed by atoms with Gasteiger partial charge in [-0.1, -0.05) is 12.8 Å². The number of aromatic nitrogens is 1. The summed E-state index contributed by atoms with van der Waals surface area (Å²) in [5.74, 6) is 0.235. The molecule has 0 aliphatic heterocycles. The van der Waals surface area contributed by atoms with E-state index >= 15 is 0 Å². The number of hydrogen-bond acceptors (Lipinski definition) is 4. The van der Waals surface area contributed by atoms with Gasteiger partial charge < -0.3 is 10.0 Å². The monoisotopic (exact) mass is 268 g/mol. The fourth-order valence-electron chi connectivity index (χ4n) is 2.54. The summed E-state index contributed by atoms with van der Waals surface area (Å²) >= 11 is 1.31. The van der Waals surface area contributed by atoms with Gasteiger partial charge in [0.15, 0.2) is 0 Å². The second-order valence-corrected chi connectivity index (χ2v) is 5.74. The molecule has 0 saturated heterocycles. The van der Waals surface area contributed by atoms with Crippen LogP contribution in [0.1, 0.15) is 41.7 Å². The summed E-state index contributed by atoms with van der Waals surface area (Å²) in [6, 6.07) is 0. The number of carbonyl (C=O) groups is 1. The minimum atomic E-state index is -0.254. The summed E-state index contributed by atoms with van der Waals surface area (Å²) in [7, 11) is 1.81. The lowest BCUT2D eigenvalue weighted by molar-refractivity contribution is 0.0451. The molecule has 1 amide bonds. The van der Waals surface area contributed by atoms with Gasteiger partial charge in [-0.25, -0.2) is 0 Å². The molecule has 5 heteroatoms. The Balaban J connectivity index is 1.97. The maximum atomic E-state index is 12.2. The van der Waals surface area contributed by atoms with Gasteiger partial charge in [0, 0.05) is 24.9 Å². The van der Waals surface area contributed by atoms with Crippen molar-refractivity contribution < 1.29 is 9.90 Å². The Bertz CT molecular complexity index is 419. The van der Waals surface area contributed by atoms with Crippen LogP contribution in [-0.4, -0.2) is 40.0 Å². The molecule has 1 fully saturated rings. The smallest absolute Gasteiger partial charge is 0.256 e. The van der Waals surface area contributed by atoms with E-state index in [4.69, 9.17) is 0 Å². The number of aryl methyl sites for hydroxylation is 1. The molecule has 18 heavy (non-hydrogen) atoms. The molecule has 1 aliphatic carbocycles. The van der Waals surface area contributed by atoms with Gasteiger partial charge in [-0.3, -0.25) is 4.79 Å². The zero-order chi connectivity index (χ0) is 13.1. The number of carbonyl (C=O) groups excluding carboxylic acids is 1. The molecule has 0 spiro atoms. The third-order valence-corrected chi connectivity index (χ3v) is 4.42. The van der Waals surface area contributed by atoms with Crippen molar-refractivity contribution >= 4 is 17.4 Å². The quantitative estimate of drug-likeness (QED) is 0.913. The highest BCUT2D eigenvalue weighted by Crippen LogP contribution is 2.25. The standard InChI is InChI=1S/C13H20N2O2S/c1-9-11(8-18-14-9)13(17)15(2)7-10-5-3-4-6-12(10)16/h8,10,12,16H,3-7H2,1-2H3. The predicted molar refractivity (Wildman–Crippen MR) is 71.8 cm³/mol. The highest BCUT2D eigenvalue weighted by molar-refractivity contribution is 7.03. The Morgan fingerprint density at radius 3 is 2.89 bits per heavy atom. The van der Waals surface area contributed by atoms with Crippen LogP contribution in [0.2, 0.25) is 0 Å². The second kappa shape index (κ2) is 5.80. The number of rotatable bonds is 3. The summed E-state index contributed by atoms with van der Waals surface area (Å²) in [6.07, 6.45) is 3.88. The fourth-order valence-corrected chi connectivity index (χ4v) is 3.23. The molecular weight excluding hydrogens is 248 g/mol. The molecule has 100 valence electrons. The van der Waals surface area contributed by atoms with Gasteiger partial charge >= 0.3 is 0 Å². The van der Waals surface area contributed by atoms with E-state index in [1.165, 1.54) is 11.5 Å². The van der Waals surface area contributed by atoms with Crippen LogP contribution in [0.3, 0.4) is 0 Å². The number of amides is 1. The lowest BCUT2D eigenvalue weighted by Gasteiger charge is -2.31. The van der Waals surface area contributed by atoms with Crippen LogP contribution >= 0.6 is 11.5 Å². The third kappa shape index (κ3) is 2.90. The highest BCUT2D eigenvalue weighted by atomic mass is 32.1. The molecule has 0 radical (unpaired) electrons. The summed E-state index contributed by atoms with van der Waals surface area (Å²) in [4.78, 5) is 13.9. The fraction of sp³-hybridized carbons (Fsp3) is 0.692. The van der Waals surface area contributed by atoms with Crippen LogP contribution in [0.4, 0.5) is 0 Å². The van der Waals surface area contributed by atoms with E-state index in [2.05, 4.69) is 4.37 Å². The average molecular weight is 268 g/mol. The van der Waals surface area contributed by atoms with Gasteiger partial charge in [-0.05, 0) is 31.3 Å². The van der Waals surface area contributed by atoms with Crippen LogP contribution in [0.25, 0.3) is 0 Å². The van der Waals surface area contributed by atoms with Gasteiger partial charge in [0.25, 0.3) is 5.91 Å². The molecule has 0 bridgehead atoms. The van der Waals surface area contributed by atoms with Crippen molar-refractivity contribution in [2.24, 2.45) is 5.92 Å². The zero-order valence-electron chi connectivity index (χ0n) is 10.9. The summed E-state index contributed by atoms with van der Waals surface area (Å²) in [5.41, 5.74) is 1.48. The number of aliphatic hydroxyl groups is 1. The first-order valence-electron chi connectivity index (χ1n) is 6.44. The molecular formula is C13H20N2O2S. The van der Waals surface area contributed by atoms with Gasteiger partial charge in [0.2, 0.25) is 0 Å². The van der Waals surface area contributed by atoms with E-state index in [-0.39, 0.29) is 17.9 Å². The molecule has 2 rings (SSSR count). The first-order chi connectivity index (χ1) is 8.59. The van der Waals surface area contributed by atoms with Crippen molar-refractivity contribution in [3.05, 3.63) is 16.6 Å². The summed E-state index contributed by atoms with van der Waals surface area (Å²) in [6.45, 7) is 2.49. The van der Waals surface area contributed by atoms with E-state index in [9.17, 15) is 9.90 Å². The third-order valence-electron chi connectivity index (χ3n) is 3.70. The highest BCUT2D eigenvalue weighted by Gasteiger charge is 2.26. The van der Waals surface area contributed by atoms with E-state index in [0.717, 1.165) is 31.4 Å². The Labute approximate surface area is 112 Å².